The number of halogens is 1. The molecule has 176 valence electrons. The van der Waals surface area contributed by atoms with E-state index in [2.05, 4.69) is 70.9 Å². The van der Waals surface area contributed by atoms with Gasteiger partial charge in [0.05, 0.1) is 0 Å². The molecule has 2 N–H and O–H groups in total. The van der Waals surface area contributed by atoms with Gasteiger partial charge in [0, 0.05) is 57.7 Å². The highest BCUT2D eigenvalue weighted by atomic mass is 35.5. The van der Waals surface area contributed by atoms with Crippen LogP contribution in [0.25, 0.3) is 21.8 Å². The molecule has 0 saturated carbocycles. The summed E-state index contributed by atoms with van der Waals surface area (Å²) in [6.45, 7) is 1.36. The van der Waals surface area contributed by atoms with Gasteiger partial charge in [-0.05, 0) is 60.4 Å². The fourth-order valence-corrected chi connectivity index (χ4v) is 5.65. The van der Waals surface area contributed by atoms with Crippen molar-refractivity contribution < 1.29 is 9.53 Å². The van der Waals surface area contributed by atoms with E-state index in [4.69, 9.17) is 16.3 Å². The van der Waals surface area contributed by atoms with Crippen molar-refractivity contribution in [3.05, 3.63) is 101 Å². The molecular formula is C29H26ClN3O2. The summed E-state index contributed by atoms with van der Waals surface area (Å²) >= 11 is 5.94. The van der Waals surface area contributed by atoms with Gasteiger partial charge in [-0.25, -0.2) is 0 Å². The monoisotopic (exact) mass is 483 g/mol. The summed E-state index contributed by atoms with van der Waals surface area (Å²) in [5.41, 5.74) is 4.66. The first-order chi connectivity index (χ1) is 17.1. The zero-order chi connectivity index (χ0) is 23.8. The number of aromatic amines is 2. The Morgan fingerprint density at radius 2 is 1.37 bits per heavy atom. The van der Waals surface area contributed by atoms with Gasteiger partial charge in [-0.15, -0.1) is 0 Å². The molecule has 2 aromatic heterocycles. The summed E-state index contributed by atoms with van der Waals surface area (Å²) in [6, 6.07) is 24.0. The fraction of sp³-hybridized carbons (Fsp3) is 0.207. The average molecular weight is 484 g/mol. The maximum absolute atomic E-state index is 13.0. The second kappa shape index (κ2) is 8.82. The molecule has 0 radical (unpaired) electrons. The van der Waals surface area contributed by atoms with Gasteiger partial charge in [0.25, 0.3) is 5.91 Å². The first-order valence-corrected chi connectivity index (χ1v) is 12.3. The largest absolute Gasteiger partial charge is 0.484 e. The van der Waals surface area contributed by atoms with Crippen LogP contribution < -0.4 is 4.74 Å². The molecule has 6 rings (SSSR count). The lowest BCUT2D eigenvalue weighted by Crippen LogP contribution is -2.47. The summed E-state index contributed by atoms with van der Waals surface area (Å²) in [5.74, 6) is 0.651. The summed E-state index contributed by atoms with van der Waals surface area (Å²) < 4.78 is 5.73. The lowest BCUT2D eigenvalue weighted by atomic mass is 9.68. The number of carbonyl (C=O) groups is 1. The van der Waals surface area contributed by atoms with Crippen LogP contribution in [0, 0.1) is 0 Å². The molecule has 1 fully saturated rings. The third-order valence-electron chi connectivity index (χ3n) is 7.36. The summed E-state index contributed by atoms with van der Waals surface area (Å²) in [7, 11) is 0. The second-order valence-electron chi connectivity index (χ2n) is 9.20. The lowest BCUT2D eigenvalue weighted by Gasteiger charge is -2.42. The number of likely N-dealkylation sites (tertiary alicyclic amines) is 1. The minimum absolute atomic E-state index is 0.00593. The number of piperidine rings is 1. The molecule has 3 heterocycles. The summed E-state index contributed by atoms with van der Waals surface area (Å²) in [4.78, 5) is 21.9. The van der Waals surface area contributed by atoms with Crippen molar-refractivity contribution in [2.45, 2.75) is 18.3 Å². The van der Waals surface area contributed by atoms with Crippen LogP contribution in [0.1, 0.15) is 24.0 Å². The van der Waals surface area contributed by atoms with Crippen LogP contribution in [0.2, 0.25) is 5.02 Å². The number of para-hydroxylation sites is 2. The van der Waals surface area contributed by atoms with Gasteiger partial charge in [-0.2, -0.15) is 0 Å². The van der Waals surface area contributed by atoms with Crippen molar-refractivity contribution >= 4 is 39.3 Å². The zero-order valence-electron chi connectivity index (χ0n) is 19.3. The molecule has 35 heavy (non-hydrogen) atoms. The van der Waals surface area contributed by atoms with Crippen LogP contribution in [0.5, 0.6) is 5.75 Å². The van der Waals surface area contributed by atoms with Crippen molar-refractivity contribution in [2.75, 3.05) is 19.7 Å². The van der Waals surface area contributed by atoms with E-state index < -0.39 is 0 Å². The van der Waals surface area contributed by atoms with Crippen LogP contribution in [-0.4, -0.2) is 40.5 Å². The molecule has 0 atom stereocenters. The number of hydrogen-bond acceptors (Lipinski definition) is 2. The molecule has 1 saturated heterocycles. The van der Waals surface area contributed by atoms with Crippen molar-refractivity contribution in [3.63, 3.8) is 0 Å². The third-order valence-corrected chi connectivity index (χ3v) is 7.61. The molecule has 5 aromatic rings. The van der Waals surface area contributed by atoms with Gasteiger partial charge in [0.1, 0.15) is 5.75 Å². The Bertz CT molecular complexity index is 1420. The average Bonchev–Trinajstić information content (AvgIpc) is 3.54. The zero-order valence-corrected chi connectivity index (χ0v) is 20.0. The Kier molecular flexibility index (Phi) is 5.50. The molecule has 0 bridgehead atoms. The first-order valence-electron chi connectivity index (χ1n) is 11.9. The van der Waals surface area contributed by atoms with E-state index >= 15 is 0 Å². The van der Waals surface area contributed by atoms with Crippen LogP contribution in [0.3, 0.4) is 0 Å². The molecule has 0 aliphatic carbocycles. The number of benzene rings is 3. The van der Waals surface area contributed by atoms with E-state index in [9.17, 15) is 4.79 Å². The third kappa shape index (κ3) is 3.86. The number of ether oxygens (including phenoxy) is 1. The van der Waals surface area contributed by atoms with Crippen LogP contribution in [0.4, 0.5) is 0 Å². The van der Waals surface area contributed by atoms with E-state index in [1.807, 2.05) is 4.90 Å². The molecule has 1 aliphatic rings. The van der Waals surface area contributed by atoms with Crippen molar-refractivity contribution in [3.8, 4) is 5.75 Å². The Morgan fingerprint density at radius 3 is 1.94 bits per heavy atom. The SMILES string of the molecule is O=C(COc1ccc(Cl)cc1)N1CCC(c2c[nH]c3ccccc23)(c2c[nH]c3ccccc23)CC1. The first kappa shape index (κ1) is 21.8. The quantitative estimate of drug-likeness (QED) is 0.308. The van der Waals surface area contributed by atoms with E-state index in [-0.39, 0.29) is 17.9 Å². The Morgan fingerprint density at radius 1 is 0.829 bits per heavy atom. The van der Waals surface area contributed by atoms with Crippen molar-refractivity contribution in [2.24, 2.45) is 0 Å². The minimum Gasteiger partial charge on any atom is -0.484 e. The number of H-pyrrole nitrogens is 2. The van der Waals surface area contributed by atoms with Crippen LogP contribution >= 0.6 is 11.6 Å². The number of hydrogen-bond donors (Lipinski definition) is 2. The number of aromatic nitrogens is 2. The standard InChI is InChI=1S/C29H26ClN3O2/c30-20-9-11-21(12-10-20)35-19-28(34)33-15-13-29(14-16-33,24-17-31-26-7-3-1-5-22(24)26)25-18-32-27-8-4-2-6-23(25)27/h1-12,17-18,31-32H,13-16,19H2. The van der Waals surface area contributed by atoms with Gasteiger partial charge in [0.2, 0.25) is 0 Å². The van der Waals surface area contributed by atoms with E-state index in [1.165, 1.54) is 21.9 Å². The second-order valence-corrected chi connectivity index (χ2v) is 9.64. The number of amides is 1. The van der Waals surface area contributed by atoms with Gasteiger partial charge in [-0.3, -0.25) is 4.79 Å². The summed E-state index contributed by atoms with van der Waals surface area (Å²) in [5, 5.41) is 3.12. The van der Waals surface area contributed by atoms with Crippen molar-refractivity contribution in [1.29, 1.82) is 0 Å². The predicted octanol–water partition coefficient (Wildman–Crippen LogP) is 6.29. The number of nitrogens with zero attached hydrogens (tertiary/aromatic N) is 1. The number of carbonyl (C=O) groups excluding carboxylic acids is 1. The highest BCUT2D eigenvalue weighted by molar-refractivity contribution is 6.30. The smallest absolute Gasteiger partial charge is 0.260 e. The molecule has 6 heteroatoms. The molecule has 3 aromatic carbocycles. The summed E-state index contributed by atoms with van der Waals surface area (Å²) in [6.07, 6.45) is 5.99. The molecule has 0 spiro atoms. The van der Waals surface area contributed by atoms with Gasteiger partial charge in [0.15, 0.2) is 6.61 Å². The van der Waals surface area contributed by atoms with E-state index in [1.54, 1.807) is 24.3 Å². The highest BCUT2D eigenvalue weighted by Gasteiger charge is 2.42. The predicted molar refractivity (Wildman–Crippen MR) is 140 cm³/mol. The number of rotatable bonds is 5. The number of fused-ring (bicyclic) bond motifs is 2. The Labute approximate surface area is 208 Å². The fourth-order valence-electron chi connectivity index (χ4n) is 5.52. The maximum Gasteiger partial charge on any atom is 0.260 e. The topological polar surface area (TPSA) is 61.1 Å². The Hall–Kier alpha value is -3.70. The maximum atomic E-state index is 13.0. The van der Waals surface area contributed by atoms with E-state index in [0.29, 0.717) is 23.9 Å². The van der Waals surface area contributed by atoms with Crippen LogP contribution in [0.15, 0.2) is 85.2 Å². The number of nitrogens with one attached hydrogen (secondary N) is 2. The van der Waals surface area contributed by atoms with Gasteiger partial charge < -0.3 is 19.6 Å². The lowest BCUT2D eigenvalue weighted by molar-refractivity contribution is -0.134. The van der Waals surface area contributed by atoms with E-state index in [0.717, 1.165) is 23.9 Å². The highest BCUT2D eigenvalue weighted by Crippen LogP contribution is 2.46. The van der Waals surface area contributed by atoms with Gasteiger partial charge in [-0.1, -0.05) is 48.0 Å². The molecular weight excluding hydrogens is 458 g/mol. The minimum atomic E-state index is -0.201. The van der Waals surface area contributed by atoms with Crippen molar-refractivity contribution in [1.82, 2.24) is 14.9 Å². The molecule has 1 aliphatic heterocycles. The van der Waals surface area contributed by atoms with Crippen LogP contribution in [-0.2, 0) is 10.2 Å². The normalized spacial score (nSPS) is 15.5. The Balaban J connectivity index is 1.30. The van der Waals surface area contributed by atoms with Gasteiger partial charge >= 0.3 is 0 Å². The molecule has 5 nitrogen and oxygen atoms in total. The molecule has 1 amide bonds. The molecule has 0 unspecified atom stereocenters.